The van der Waals surface area contributed by atoms with Crippen LogP contribution in [0.25, 0.3) is 0 Å². The van der Waals surface area contributed by atoms with Crippen molar-refractivity contribution in [1.29, 1.82) is 0 Å². The summed E-state index contributed by atoms with van der Waals surface area (Å²) >= 11 is 0. The zero-order valence-corrected chi connectivity index (χ0v) is 10.2. The van der Waals surface area contributed by atoms with E-state index in [2.05, 4.69) is 23.1 Å². The Morgan fingerprint density at radius 3 is 3.06 bits per heavy atom. The fourth-order valence-electron chi connectivity index (χ4n) is 1.72. The number of nitrogens with one attached hydrogen (secondary N) is 1. The van der Waals surface area contributed by atoms with E-state index < -0.39 is 0 Å². The Hall–Kier alpha value is -1.40. The van der Waals surface area contributed by atoms with Crippen LogP contribution in [0.1, 0.15) is 44.3 Å². The molecule has 1 aromatic heterocycles. The monoisotopic (exact) mass is 234 g/mol. The zero-order chi connectivity index (χ0) is 12.5. The predicted octanol–water partition coefficient (Wildman–Crippen LogP) is 3.06. The maximum atomic E-state index is 13.6. The van der Waals surface area contributed by atoms with E-state index in [-0.39, 0.29) is 11.9 Å². The van der Waals surface area contributed by atoms with Crippen LogP contribution in [0.3, 0.4) is 0 Å². The van der Waals surface area contributed by atoms with Crippen molar-refractivity contribution in [2.45, 2.75) is 38.6 Å². The second-order valence-corrected chi connectivity index (χ2v) is 3.97. The highest BCUT2D eigenvalue weighted by Crippen LogP contribution is 2.19. The van der Waals surface area contributed by atoms with Crippen LogP contribution in [0.15, 0.2) is 18.3 Å². The third-order valence-corrected chi connectivity index (χ3v) is 2.57. The van der Waals surface area contributed by atoms with Crippen molar-refractivity contribution in [3.05, 3.63) is 29.8 Å². The lowest BCUT2D eigenvalue weighted by molar-refractivity contribution is 0.452. The SMILES string of the molecule is C#CCCCC(NCCC)c1ncccc1F. The topological polar surface area (TPSA) is 24.9 Å². The molecule has 1 atom stereocenters. The number of aromatic nitrogens is 1. The van der Waals surface area contributed by atoms with Crippen molar-refractivity contribution in [2.24, 2.45) is 0 Å². The molecule has 1 unspecified atom stereocenters. The van der Waals surface area contributed by atoms with Gasteiger partial charge in [0.05, 0.1) is 11.7 Å². The third-order valence-electron chi connectivity index (χ3n) is 2.57. The molecule has 0 bridgehead atoms. The Balaban J connectivity index is 2.68. The average Bonchev–Trinajstić information content (AvgIpc) is 2.35. The maximum Gasteiger partial charge on any atom is 0.146 e. The molecule has 92 valence electrons. The van der Waals surface area contributed by atoms with Gasteiger partial charge in [-0.2, -0.15) is 0 Å². The summed E-state index contributed by atoms with van der Waals surface area (Å²) in [5.41, 5.74) is 0.498. The lowest BCUT2D eigenvalue weighted by atomic mass is 10.1. The van der Waals surface area contributed by atoms with Crippen molar-refractivity contribution in [3.8, 4) is 12.3 Å². The number of rotatable bonds is 7. The largest absolute Gasteiger partial charge is 0.309 e. The van der Waals surface area contributed by atoms with Crippen LogP contribution in [0.4, 0.5) is 4.39 Å². The number of halogens is 1. The van der Waals surface area contributed by atoms with Gasteiger partial charge in [-0.1, -0.05) is 6.92 Å². The van der Waals surface area contributed by atoms with Crippen molar-refractivity contribution >= 4 is 0 Å². The average molecular weight is 234 g/mol. The summed E-state index contributed by atoms with van der Waals surface area (Å²) in [4.78, 5) is 4.12. The van der Waals surface area contributed by atoms with Crippen LogP contribution in [0, 0.1) is 18.2 Å². The van der Waals surface area contributed by atoms with E-state index in [0.29, 0.717) is 5.69 Å². The molecule has 0 aliphatic rings. The van der Waals surface area contributed by atoms with Crippen LogP contribution in [0.5, 0.6) is 0 Å². The minimum Gasteiger partial charge on any atom is -0.309 e. The highest BCUT2D eigenvalue weighted by atomic mass is 19.1. The van der Waals surface area contributed by atoms with Crippen molar-refractivity contribution < 1.29 is 4.39 Å². The summed E-state index contributed by atoms with van der Waals surface area (Å²) in [6, 6.07) is 3.02. The smallest absolute Gasteiger partial charge is 0.146 e. The molecule has 0 spiro atoms. The fraction of sp³-hybridized carbons (Fsp3) is 0.500. The first-order valence-electron chi connectivity index (χ1n) is 6.06. The maximum absolute atomic E-state index is 13.6. The van der Waals surface area contributed by atoms with Gasteiger partial charge >= 0.3 is 0 Å². The molecule has 2 nitrogen and oxygen atoms in total. The van der Waals surface area contributed by atoms with E-state index in [9.17, 15) is 4.39 Å². The second-order valence-electron chi connectivity index (χ2n) is 3.97. The standard InChI is InChI=1S/C14H19FN2/c1-3-5-6-9-13(16-10-4-2)14-12(15)8-7-11-17-14/h1,7-8,11,13,16H,4-6,9-10H2,2H3. The molecule has 1 rings (SSSR count). The van der Waals surface area contributed by atoms with Gasteiger partial charge in [-0.25, -0.2) is 4.39 Å². The first-order valence-corrected chi connectivity index (χ1v) is 6.06. The van der Waals surface area contributed by atoms with Gasteiger partial charge in [0.2, 0.25) is 0 Å². The number of pyridine rings is 1. The Kier molecular flexibility index (Phi) is 6.27. The van der Waals surface area contributed by atoms with Crippen LogP contribution < -0.4 is 5.32 Å². The van der Waals surface area contributed by atoms with Gasteiger partial charge < -0.3 is 5.32 Å². The van der Waals surface area contributed by atoms with Crippen molar-refractivity contribution in [2.75, 3.05) is 6.54 Å². The number of hydrogen-bond acceptors (Lipinski definition) is 2. The number of nitrogens with zero attached hydrogens (tertiary/aromatic N) is 1. The van der Waals surface area contributed by atoms with Gasteiger partial charge in [-0.15, -0.1) is 12.3 Å². The van der Waals surface area contributed by atoms with Crippen LogP contribution in [-0.4, -0.2) is 11.5 Å². The summed E-state index contributed by atoms with van der Waals surface area (Å²) in [6.45, 7) is 2.94. The normalized spacial score (nSPS) is 12.1. The van der Waals surface area contributed by atoms with E-state index in [1.807, 2.05) is 0 Å². The number of unbranched alkanes of at least 4 members (excludes halogenated alkanes) is 1. The van der Waals surface area contributed by atoms with Gasteiger partial charge in [0, 0.05) is 12.6 Å². The highest BCUT2D eigenvalue weighted by Gasteiger charge is 2.15. The molecule has 1 N–H and O–H groups in total. The second kappa shape index (κ2) is 7.81. The fourth-order valence-corrected chi connectivity index (χ4v) is 1.72. The molecule has 3 heteroatoms. The van der Waals surface area contributed by atoms with Crippen molar-refractivity contribution in [3.63, 3.8) is 0 Å². The Labute approximate surface area is 103 Å². The zero-order valence-electron chi connectivity index (χ0n) is 10.2. The Bertz CT molecular complexity index is 371. The van der Waals surface area contributed by atoms with E-state index in [4.69, 9.17) is 6.42 Å². The summed E-state index contributed by atoms with van der Waals surface area (Å²) in [6.07, 6.45) is 10.3. The molecule has 0 fully saturated rings. The Morgan fingerprint density at radius 1 is 1.59 bits per heavy atom. The van der Waals surface area contributed by atoms with E-state index in [1.54, 1.807) is 12.3 Å². The van der Waals surface area contributed by atoms with Crippen molar-refractivity contribution in [1.82, 2.24) is 10.3 Å². The molecular formula is C14H19FN2. The van der Waals surface area contributed by atoms with E-state index in [0.717, 1.165) is 32.2 Å². The molecule has 0 saturated heterocycles. The molecule has 0 radical (unpaired) electrons. The summed E-state index contributed by atoms with van der Waals surface area (Å²) in [5, 5.41) is 3.31. The summed E-state index contributed by atoms with van der Waals surface area (Å²) in [5.74, 6) is 2.35. The molecule has 0 aliphatic heterocycles. The quantitative estimate of drug-likeness (QED) is 0.579. The molecule has 1 heterocycles. The lowest BCUT2D eigenvalue weighted by Crippen LogP contribution is -2.24. The van der Waals surface area contributed by atoms with Crippen LogP contribution >= 0.6 is 0 Å². The molecule has 0 aliphatic carbocycles. The molecule has 0 aromatic carbocycles. The molecule has 1 aromatic rings. The van der Waals surface area contributed by atoms with Gasteiger partial charge in [0.1, 0.15) is 5.82 Å². The van der Waals surface area contributed by atoms with Gasteiger partial charge in [0.25, 0.3) is 0 Å². The number of hydrogen-bond donors (Lipinski definition) is 1. The Morgan fingerprint density at radius 2 is 2.41 bits per heavy atom. The molecule has 17 heavy (non-hydrogen) atoms. The van der Waals surface area contributed by atoms with Gasteiger partial charge in [-0.05, 0) is 37.9 Å². The van der Waals surface area contributed by atoms with Crippen LogP contribution in [0.2, 0.25) is 0 Å². The van der Waals surface area contributed by atoms with Gasteiger partial charge in [0.15, 0.2) is 0 Å². The van der Waals surface area contributed by atoms with Crippen LogP contribution in [-0.2, 0) is 0 Å². The first kappa shape index (κ1) is 13.7. The minimum atomic E-state index is -0.248. The van der Waals surface area contributed by atoms with E-state index in [1.165, 1.54) is 6.07 Å². The number of terminal acetylenes is 1. The highest BCUT2D eigenvalue weighted by molar-refractivity contribution is 5.11. The minimum absolute atomic E-state index is 0.0375. The third kappa shape index (κ3) is 4.54. The summed E-state index contributed by atoms with van der Waals surface area (Å²) in [7, 11) is 0. The lowest BCUT2D eigenvalue weighted by Gasteiger charge is -2.17. The van der Waals surface area contributed by atoms with E-state index >= 15 is 0 Å². The first-order chi connectivity index (χ1) is 8.29. The summed E-state index contributed by atoms with van der Waals surface area (Å²) < 4.78 is 13.6. The van der Waals surface area contributed by atoms with Gasteiger partial charge in [-0.3, -0.25) is 4.98 Å². The molecule has 0 saturated carbocycles. The predicted molar refractivity (Wildman–Crippen MR) is 67.9 cm³/mol. The molecule has 0 amide bonds. The molecular weight excluding hydrogens is 215 g/mol.